The van der Waals surface area contributed by atoms with Crippen LogP contribution >= 0.6 is 11.6 Å². The number of amides is 1. The molecule has 0 spiro atoms. The van der Waals surface area contributed by atoms with Crippen molar-refractivity contribution in [2.75, 3.05) is 31.9 Å². The summed E-state index contributed by atoms with van der Waals surface area (Å²) in [4.78, 5) is 26.2. The number of piperazine rings is 1. The second-order valence-electron chi connectivity index (χ2n) is 8.54. The molecule has 0 aliphatic carbocycles. The first-order valence-electron chi connectivity index (χ1n) is 11.7. The second-order valence-corrected chi connectivity index (χ2v) is 8.98. The number of rotatable bonds is 5. The van der Waals surface area contributed by atoms with E-state index in [0.29, 0.717) is 37.7 Å². The van der Waals surface area contributed by atoms with Gasteiger partial charge in [-0.15, -0.1) is 0 Å². The molecule has 2 aromatic rings. The lowest BCUT2D eigenvalue weighted by molar-refractivity contribution is 0.0588. The molecule has 0 radical (unpaired) electrons. The third-order valence-electron chi connectivity index (χ3n) is 6.08. The molecule has 8 heteroatoms. The Hall–Kier alpha value is -3.32. The Bertz CT molecular complexity index is 1140. The van der Waals surface area contributed by atoms with Crippen LogP contribution in [0.1, 0.15) is 42.7 Å². The zero-order valence-electron chi connectivity index (χ0n) is 19.7. The van der Waals surface area contributed by atoms with Crippen LogP contribution in [0, 0.1) is 0 Å². The molecule has 0 bridgehead atoms. The highest BCUT2D eigenvalue weighted by atomic mass is 35.5. The maximum absolute atomic E-state index is 13.0. The molecule has 3 N–H and O–H groups in total. The Balaban J connectivity index is 1.48. The molecule has 1 fully saturated rings. The molecule has 34 heavy (non-hydrogen) atoms. The van der Waals surface area contributed by atoms with Crippen LogP contribution < -0.4 is 11.1 Å². The van der Waals surface area contributed by atoms with Gasteiger partial charge in [-0.1, -0.05) is 42.8 Å². The van der Waals surface area contributed by atoms with Crippen molar-refractivity contribution >= 4 is 34.7 Å². The number of pyridine rings is 1. The van der Waals surface area contributed by atoms with E-state index in [-0.39, 0.29) is 11.9 Å². The molecular formula is C26H31ClN6O. The maximum atomic E-state index is 13.0. The lowest BCUT2D eigenvalue weighted by Gasteiger charge is -2.42. The van der Waals surface area contributed by atoms with Crippen molar-refractivity contribution in [2.24, 2.45) is 4.99 Å². The fourth-order valence-electron chi connectivity index (χ4n) is 4.41. The molecule has 178 valence electrons. The van der Waals surface area contributed by atoms with E-state index in [1.54, 1.807) is 18.2 Å². The lowest BCUT2D eigenvalue weighted by Crippen LogP contribution is -2.54. The van der Waals surface area contributed by atoms with Gasteiger partial charge in [0.05, 0.1) is 5.70 Å². The molecule has 0 saturated carbocycles. The number of nitrogens with zero attached hydrogens (tertiary/aromatic N) is 4. The highest BCUT2D eigenvalue weighted by Crippen LogP contribution is 2.24. The first-order valence-corrected chi connectivity index (χ1v) is 12.1. The molecule has 3 heterocycles. The van der Waals surface area contributed by atoms with E-state index in [0.717, 1.165) is 35.0 Å². The zero-order chi connectivity index (χ0) is 24.1. The number of nitrogens with one attached hydrogen (secondary N) is 1. The minimum Gasteiger partial charge on any atom is -0.384 e. The minimum absolute atomic E-state index is 0.0844. The van der Waals surface area contributed by atoms with Crippen LogP contribution in [0.15, 0.2) is 65.4 Å². The molecule has 2 aliphatic heterocycles. The third-order valence-corrected chi connectivity index (χ3v) is 6.32. The zero-order valence-corrected chi connectivity index (χ0v) is 20.4. The van der Waals surface area contributed by atoms with Gasteiger partial charge < -0.3 is 20.9 Å². The molecule has 7 nitrogen and oxygen atoms in total. The molecule has 1 aromatic heterocycles. The van der Waals surface area contributed by atoms with Crippen LogP contribution in [0.3, 0.4) is 0 Å². The third kappa shape index (κ3) is 5.42. The van der Waals surface area contributed by atoms with Crippen molar-refractivity contribution in [1.29, 1.82) is 0 Å². The SMILES string of the molecule is CC/C=C(\C1=NCCC(c2cccc(Cl)c2)=CN1)N1CCN(C(=O)c2cccc(N)n2)CC1C. The minimum atomic E-state index is -0.0844. The Morgan fingerprint density at radius 3 is 2.82 bits per heavy atom. The van der Waals surface area contributed by atoms with Gasteiger partial charge >= 0.3 is 0 Å². The van der Waals surface area contributed by atoms with E-state index >= 15 is 0 Å². The van der Waals surface area contributed by atoms with Crippen LogP contribution in [0.25, 0.3) is 5.57 Å². The number of halogens is 1. The first-order chi connectivity index (χ1) is 16.5. The van der Waals surface area contributed by atoms with Gasteiger partial charge in [0.15, 0.2) is 0 Å². The van der Waals surface area contributed by atoms with Gasteiger partial charge in [-0.3, -0.25) is 9.79 Å². The normalized spacial score (nSPS) is 19.1. The number of carbonyl (C=O) groups is 1. The largest absolute Gasteiger partial charge is 0.384 e. The highest BCUT2D eigenvalue weighted by Gasteiger charge is 2.30. The molecule has 2 aliphatic rings. The molecule has 1 amide bonds. The number of amidine groups is 1. The molecule has 1 atom stereocenters. The van der Waals surface area contributed by atoms with Crippen molar-refractivity contribution in [3.05, 3.63) is 76.7 Å². The number of hydrogen-bond acceptors (Lipinski definition) is 6. The van der Waals surface area contributed by atoms with Gasteiger partial charge in [0.2, 0.25) is 0 Å². The summed E-state index contributed by atoms with van der Waals surface area (Å²) < 4.78 is 0. The van der Waals surface area contributed by atoms with E-state index in [2.05, 4.69) is 41.2 Å². The number of nitrogens with two attached hydrogens (primary N) is 1. The van der Waals surface area contributed by atoms with Crippen molar-refractivity contribution in [1.82, 2.24) is 20.1 Å². The molecule has 1 aromatic carbocycles. The van der Waals surface area contributed by atoms with Crippen LogP contribution in [0.2, 0.25) is 5.02 Å². The van der Waals surface area contributed by atoms with Gasteiger partial charge in [0.1, 0.15) is 17.3 Å². The summed E-state index contributed by atoms with van der Waals surface area (Å²) in [7, 11) is 0. The summed E-state index contributed by atoms with van der Waals surface area (Å²) in [6.45, 7) is 6.88. The summed E-state index contributed by atoms with van der Waals surface area (Å²) in [5, 5.41) is 4.18. The number of allylic oxidation sites excluding steroid dienone is 1. The predicted octanol–water partition coefficient (Wildman–Crippen LogP) is 4.19. The first kappa shape index (κ1) is 23.8. The average Bonchev–Trinajstić information content (AvgIpc) is 3.09. The average molecular weight is 479 g/mol. The van der Waals surface area contributed by atoms with E-state index in [4.69, 9.17) is 22.3 Å². The summed E-state index contributed by atoms with van der Waals surface area (Å²) in [5.41, 5.74) is 9.51. The standard InChI is InChI=1S/C26H31ClN6O/c1-3-6-23(25-29-12-11-20(16-30-25)19-7-4-8-21(27)15-19)33-14-13-32(17-18(33)2)26(34)22-9-5-10-24(28)31-22/h4-10,15-16,18H,3,11-14,17H2,1-2H3,(H2,28,31)(H,29,30)/b23-6+. The Morgan fingerprint density at radius 2 is 2.09 bits per heavy atom. The summed E-state index contributed by atoms with van der Waals surface area (Å²) in [6, 6.07) is 13.2. The topological polar surface area (TPSA) is 86.9 Å². The number of carbonyl (C=O) groups excluding carboxylic acids is 1. The van der Waals surface area contributed by atoms with Crippen molar-refractivity contribution in [3.63, 3.8) is 0 Å². The van der Waals surface area contributed by atoms with Crippen molar-refractivity contribution < 1.29 is 4.79 Å². The smallest absolute Gasteiger partial charge is 0.272 e. The van der Waals surface area contributed by atoms with Crippen molar-refractivity contribution in [2.45, 2.75) is 32.7 Å². The van der Waals surface area contributed by atoms with E-state index in [1.165, 1.54) is 5.57 Å². The number of aliphatic imine (C=N–C) groups is 1. The van der Waals surface area contributed by atoms with Crippen LogP contribution in [-0.4, -0.2) is 58.7 Å². The van der Waals surface area contributed by atoms with Gasteiger partial charge in [-0.05, 0) is 55.2 Å². The quantitative estimate of drug-likeness (QED) is 0.672. The van der Waals surface area contributed by atoms with Gasteiger partial charge in [0.25, 0.3) is 5.91 Å². The fraction of sp³-hybridized carbons (Fsp3) is 0.346. The summed E-state index contributed by atoms with van der Waals surface area (Å²) >= 11 is 6.19. The second kappa shape index (κ2) is 10.7. The molecular weight excluding hydrogens is 448 g/mol. The van der Waals surface area contributed by atoms with Crippen LogP contribution in [0.5, 0.6) is 0 Å². The van der Waals surface area contributed by atoms with E-state index < -0.39 is 0 Å². The Kier molecular flexibility index (Phi) is 7.53. The maximum Gasteiger partial charge on any atom is 0.272 e. The summed E-state index contributed by atoms with van der Waals surface area (Å²) in [5.74, 6) is 1.13. The van der Waals surface area contributed by atoms with Gasteiger partial charge in [-0.25, -0.2) is 4.98 Å². The van der Waals surface area contributed by atoms with Crippen molar-refractivity contribution in [3.8, 4) is 0 Å². The molecule has 1 saturated heterocycles. The molecule has 1 unspecified atom stereocenters. The molecule has 4 rings (SSSR count). The Morgan fingerprint density at radius 1 is 1.26 bits per heavy atom. The lowest BCUT2D eigenvalue weighted by atomic mass is 10.0. The predicted molar refractivity (Wildman–Crippen MR) is 139 cm³/mol. The monoisotopic (exact) mass is 478 g/mol. The fourth-order valence-corrected chi connectivity index (χ4v) is 4.60. The van der Waals surface area contributed by atoms with Gasteiger partial charge in [-0.2, -0.15) is 0 Å². The van der Waals surface area contributed by atoms with E-state index in [1.807, 2.05) is 29.3 Å². The summed E-state index contributed by atoms with van der Waals surface area (Å²) in [6.07, 6.45) is 5.97. The number of aromatic nitrogens is 1. The number of hydrogen-bond donors (Lipinski definition) is 2. The van der Waals surface area contributed by atoms with Crippen LogP contribution in [0.4, 0.5) is 5.82 Å². The number of benzene rings is 1. The van der Waals surface area contributed by atoms with Gasteiger partial charge in [0, 0.05) is 43.4 Å². The van der Waals surface area contributed by atoms with Crippen LogP contribution in [-0.2, 0) is 0 Å². The Labute approximate surface area is 206 Å². The highest BCUT2D eigenvalue weighted by molar-refractivity contribution is 6.30. The number of anilines is 1. The van der Waals surface area contributed by atoms with E-state index in [9.17, 15) is 4.79 Å². The number of nitrogen functional groups attached to an aromatic ring is 1.